The van der Waals surface area contributed by atoms with Gasteiger partial charge in [0.05, 0.1) is 22.7 Å². The minimum atomic E-state index is -0.603. The minimum absolute atomic E-state index is 0.0772. The Labute approximate surface area is 175 Å². The number of ketones is 1. The van der Waals surface area contributed by atoms with Gasteiger partial charge in [0.25, 0.3) is 5.91 Å². The van der Waals surface area contributed by atoms with Crippen molar-refractivity contribution < 1.29 is 18.8 Å². The Morgan fingerprint density at radius 3 is 2.52 bits per heavy atom. The summed E-state index contributed by atoms with van der Waals surface area (Å²) in [5, 5.41) is 3.36. The average molecular weight is 504 g/mol. The van der Waals surface area contributed by atoms with E-state index < -0.39 is 17.1 Å². The van der Waals surface area contributed by atoms with Crippen LogP contribution in [0.15, 0.2) is 18.2 Å². The largest absolute Gasteiger partial charge is 0.344 e. The van der Waals surface area contributed by atoms with Crippen LogP contribution >= 0.6 is 33.9 Å². The van der Waals surface area contributed by atoms with E-state index in [9.17, 15) is 14.0 Å². The molecule has 0 unspecified atom stereocenters. The lowest BCUT2D eigenvalue weighted by molar-refractivity contribution is 0.0365. The van der Waals surface area contributed by atoms with Crippen molar-refractivity contribution >= 4 is 56.3 Å². The molecule has 2 N–H and O–H groups in total. The second kappa shape index (κ2) is 8.66. The van der Waals surface area contributed by atoms with Crippen molar-refractivity contribution in [1.29, 1.82) is 0 Å². The number of benzene rings is 1. The van der Waals surface area contributed by atoms with Crippen molar-refractivity contribution in [2.24, 2.45) is 5.41 Å². The number of Topliss-reactive ketones (excluding diaryl/α,β-unsaturated/α-hetero) is 1. The van der Waals surface area contributed by atoms with Gasteiger partial charge in [-0.3, -0.25) is 14.4 Å². The highest BCUT2D eigenvalue weighted by molar-refractivity contribution is 14.1. The Bertz CT molecular complexity index is 875. The molecular weight excluding hydrogens is 482 g/mol. The number of hydroxylamine groups is 1. The van der Waals surface area contributed by atoms with Gasteiger partial charge in [-0.15, -0.1) is 11.3 Å². The molecule has 0 radical (unpaired) electrons. The first kappa shape index (κ1) is 21.8. The zero-order valence-electron chi connectivity index (χ0n) is 15.8. The first-order chi connectivity index (χ1) is 12.6. The van der Waals surface area contributed by atoms with E-state index in [-0.39, 0.29) is 17.0 Å². The maximum atomic E-state index is 14.3. The summed E-state index contributed by atoms with van der Waals surface area (Å²) < 4.78 is 15.0. The number of carbonyl (C=O) groups is 2. The number of anilines is 2. The van der Waals surface area contributed by atoms with Crippen molar-refractivity contribution in [2.45, 2.75) is 34.6 Å². The first-order valence-corrected chi connectivity index (χ1v) is 10.3. The molecule has 0 aliphatic carbocycles. The molecule has 27 heavy (non-hydrogen) atoms. The fourth-order valence-electron chi connectivity index (χ4n) is 2.33. The molecule has 1 aromatic heterocycles. The van der Waals surface area contributed by atoms with Crippen LogP contribution in [0.5, 0.6) is 0 Å². The molecule has 0 fully saturated rings. The molecule has 1 amide bonds. The van der Waals surface area contributed by atoms with Crippen LogP contribution < -0.4 is 10.8 Å². The molecule has 0 saturated heterocycles. The molecule has 2 rings (SSSR count). The van der Waals surface area contributed by atoms with Crippen LogP contribution in [0.25, 0.3) is 0 Å². The third kappa shape index (κ3) is 5.05. The summed E-state index contributed by atoms with van der Waals surface area (Å²) in [6.07, 6.45) is 0. The summed E-state index contributed by atoms with van der Waals surface area (Å²) in [7, 11) is 0. The number of hydrogen-bond donors (Lipinski definition) is 2. The summed E-state index contributed by atoms with van der Waals surface area (Å²) in [6.45, 7) is 9.22. The molecule has 5 nitrogen and oxygen atoms in total. The summed E-state index contributed by atoms with van der Waals surface area (Å²) in [5.41, 5.74) is 2.81. The van der Waals surface area contributed by atoms with E-state index in [1.807, 2.05) is 43.4 Å². The Balaban J connectivity index is 2.53. The third-order valence-electron chi connectivity index (χ3n) is 3.75. The van der Waals surface area contributed by atoms with Gasteiger partial charge in [-0.25, -0.2) is 9.87 Å². The molecule has 0 aliphatic rings. The highest BCUT2D eigenvalue weighted by atomic mass is 127. The minimum Gasteiger partial charge on any atom is -0.344 e. The predicted molar refractivity (Wildman–Crippen MR) is 114 cm³/mol. The van der Waals surface area contributed by atoms with E-state index >= 15 is 0 Å². The van der Waals surface area contributed by atoms with Crippen LogP contribution in [0, 0.1) is 21.7 Å². The lowest BCUT2D eigenvalue weighted by Gasteiger charge is -2.15. The Morgan fingerprint density at radius 1 is 1.30 bits per heavy atom. The van der Waals surface area contributed by atoms with Crippen LogP contribution in [0.1, 0.15) is 53.3 Å². The van der Waals surface area contributed by atoms with Gasteiger partial charge in [-0.2, -0.15) is 0 Å². The lowest BCUT2D eigenvalue weighted by atomic mass is 9.88. The van der Waals surface area contributed by atoms with Crippen molar-refractivity contribution in [3.8, 4) is 0 Å². The Morgan fingerprint density at radius 2 is 1.96 bits per heavy atom. The molecular formula is C19H22FIN2O3S. The van der Waals surface area contributed by atoms with Crippen LogP contribution in [0.2, 0.25) is 0 Å². The average Bonchev–Trinajstić information content (AvgIpc) is 2.89. The van der Waals surface area contributed by atoms with Gasteiger partial charge in [-0.05, 0) is 60.2 Å². The van der Waals surface area contributed by atoms with Crippen LogP contribution in [-0.2, 0) is 4.84 Å². The van der Waals surface area contributed by atoms with Crippen molar-refractivity contribution in [1.82, 2.24) is 5.48 Å². The molecule has 1 aromatic carbocycles. The first-order valence-electron chi connectivity index (χ1n) is 8.38. The SMILES string of the molecule is CCONC(=O)c1c(Nc2ccc(I)cc2F)sc(C(=O)C(C)(C)C)c1C. The molecule has 0 bridgehead atoms. The highest BCUT2D eigenvalue weighted by Gasteiger charge is 2.31. The number of halogens is 2. The van der Waals surface area contributed by atoms with Gasteiger partial charge in [-0.1, -0.05) is 20.8 Å². The molecule has 0 spiro atoms. The monoisotopic (exact) mass is 504 g/mol. The quantitative estimate of drug-likeness (QED) is 0.312. The number of rotatable bonds is 6. The molecule has 146 valence electrons. The van der Waals surface area contributed by atoms with Crippen LogP contribution in [-0.4, -0.2) is 18.3 Å². The van der Waals surface area contributed by atoms with E-state index in [4.69, 9.17) is 4.84 Å². The summed E-state index contributed by atoms with van der Waals surface area (Å²) in [6, 6.07) is 4.75. The molecule has 0 atom stereocenters. The number of hydrogen-bond acceptors (Lipinski definition) is 5. The van der Waals surface area contributed by atoms with Gasteiger partial charge < -0.3 is 5.32 Å². The topological polar surface area (TPSA) is 67.4 Å². The van der Waals surface area contributed by atoms with E-state index in [1.54, 1.807) is 26.0 Å². The molecule has 8 heteroatoms. The second-order valence-corrected chi connectivity index (χ2v) is 9.22. The van der Waals surface area contributed by atoms with Crippen molar-refractivity contribution in [3.63, 3.8) is 0 Å². The smallest absolute Gasteiger partial charge is 0.278 e. The Kier molecular flexibility index (Phi) is 6.98. The summed E-state index contributed by atoms with van der Waals surface area (Å²) >= 11 is 3.17. The Hall–Kier alpha value is -1.52. The van der Waals surface area contributed by atoms with Gasteiger partial charge in [0.2, 0.25) is 0 Å². The molecule has 2 aromatic rings. The number of amides is 1. The van der Waals surface area contributed by atoms with Gasteiger partial charge in [0.15, 0.2) is 5.78 Å². The van der Waals surface area contributed by atoms with Crippen molar-refractivity contribution in [2.75, 3.05) is 11.9 Å². The van der Waals surface area contributed by atoms with Gasteiger partial charge in [0, 0.05) is 8.99 Å². The highest BCUT2D eigenvalue weighted by Crippen LogP contribution is 2.38. The molecule has 0 aliphatic heterocycles. The third-order valence-corrected chi connectivity index (χ3v) is 5.63. The van der Waals surface area contributed by atoms with Gasteiger partial charge in [0.1, 0.15) is 10.8 Å². The molecule has 0 saturated carbocycles. The summed E-state index contributed by atoms with van der Waals surface area (Å²) in [5.74, 6) is -0.994. The normalized spacial score (nSPS) is 11.4. The van der Waals surface area contributed by atoms with E-state index in [0.29, 0.717) is 22.0 Å². The predicted octanol–water partition coefficient (Wildman–Crippen LogP) is 5.45. The van der Waals surface area contributed by atoms with Crippen LogP contribution in [0.4, 0.5) is 15.1 Å². The zero-order valence-corrected chi connectivity index (χ0v) is 18.8. The number of nitrogens with one attached hydrogen (secondary N) is 2. The fourth-order valence-corrected chi connectivity index (χ4v) is 4.15. The second-order valence-electron chi connectivity index (χ2n) is 6.95. The van der Waals surface area contributed by atoms with Gasteiger partial charge >= 0.3 is 0 Å². The standard InChI is InChI=1S/C19H22FIN2O3S/c1-6-26-23-17(25)14-10(2)15(16(24)19(3,4)5)27-18(14)22-13-8-7-11(21)9-12(13)20/h7-9,22H,6H2,1-5H3,(H,23,25). The fraction of sp³-hybridized carbons (Fsp3) is 0.368. The maximum absolute atomic E-state index is 14.3. The van der Waals surface area contributed by atoms with E-state index in [0.717, 1.165) is 14.9 Å². The zero-order chi connectivity index (χ0) is 20.4. The lowest BCUT2D eigenvalue weighted by Crippen LogP contribution is -2.25. The maximum Gasteiger partial charge on any atom is 0.278 e. The van der Waals surface area contributed by atoms with Crippen molar-refractivity contribution in [3.05, 3.63) is 43.6 Å². The molecule has 1 heterocycles. The number of thiophene rings is 1. The summed E-state index contributed by atoms with van der Waals surface area (Å²) in [4.78, 5) is 30.9. The van der Waals surface area contributed by atoms with Crippen LogP contribution in [0.3, 0.4) is 0 Å². The number of carbonyl (C=O) groups excluding carboxylic acids is 2. The van der Waals surface area contributed by atoms with E-state index in [1.165, 1.54) is 6.07 Å². The van der Waals surface area contributed by atoms with E-state index in [2.05, 4.69) is 10.8 Å².